The number of nitrogens with zero attached hydrogens (tertiary/aromatic N) is 2. The molecule has 0 N–H and O–H groups in total. The number of hydrogen-bond acceptors (Lipinski definition) is 7. The van der Waals surface area contributed by atoms with Gasteiger partial charge in [-0.2, -0.15) is 0 Å². The van der Waals surface area contributed by atoms with Crippen molar-refractivity contribution in [2.75, 3.05) is 26.2 Å². The first-order valence-electron chi connectivity index (χ1n) is 10.3. The summed E-state index contributed by atoms with van der Waals surface area (Å²) in [7, 11) is 0. The number of carbonyl (C=O) groups is 3. The van der Waals surface area contributed by atoms with Crippen molar-refractivity contribution in [3.05, 3.63) is 35.4 Å². The minimum absolute atomic E-state index is 0.248. The largest absolute Gasteiger partial charge is 0.430 e. The Morgan fingerprint density at radius 1 is 1.13 bits per heavy atom. The van der Waals surface area contributed by atoms with Crippen molar-refractivity contribution in [1.82, 2.24) is 9.80 Å². The van der Waals surface area contributed by atoms with Crippen LogP contribution < -0.4 is 0 Å². The van der Waals surface area contributed by atoms with Crippen LogP contribution in [0.1, 0.15) is 32.3 Å². The molecule has 0 aliphatic carbocycles. The van der Waals surface area contributed by atoms with Gasteiger partial charge in [-0.15, -0.1) is 0 Å². The van der Waals surface area contributed by atoms with E-state index in [0.29, 0.717) is 44.5 Å². The van der Waals surface area contributed by atoms with Crippen LogP contribution in [-0.4, -0.2) is 71.4 Å². The molecule has 2 atom stereocenters. The van der Waals surface area contributed by atoms with E-state index in [1.165, 1.54) is 17.9 Å². The molecule has 4 heterocycles. The molecule has 2 bridgehead atoms. The van der Waals surface area contributed by atoms with Gasteiger partial charge in [-0.25, -0.2) is 18.4 Å². The summed E-state index contributed by atoms with van der Waals surface area (Å²) in [6.45, 7) is 4.86. The van der Waals surface area contributed by atoms with Crippen LogP contribution in [0.25, 0.3) is 0 Å². The Morgan fingerprint density at radius 2 is 1.84 bits per heavy atom. The van der Waals surface area contributed by atoms with Crippen molar-refractivity contribution in [3.63, 3.8) is 0 Å². The van der Waals surface area contributed by atoms with Gasteiger partial charge in [-0.1, -0.05) is 0 Å². The molecule has 4 aliphatic rings. The number of rotatable bonds is 4. The lowest BCUT2D eigenvalue weighted by molar-refractivity contribution is -0.339. The molecule has 5 rings (SSSR count). The molecule has 10 heteroatoms. The van der Waals surface area contributed by atoms with E-state index in [2.05, 4.69) is 4.90 Å². The smallest absolute Gasteiger partial charge is 0.420 e. The van der Waals surface area contributed by atoms with Crippen molar-refractivity contribution in [1.29, 1.82) is 0 Å². The van der Waals surface area contributed by atoms with Gasteiger partial charge in [-0.05, 0) is 49.9 Å². The number of ether oxygens (including phenoxy) is 3. The number of amides is 1. The fraction of sp³-hybridized carbons (Fsp3) is 0.571. The van der Waals surface area contributed by atoms with E-state index in [1.54, 1.807) is 6.92 Å². The van der Waals surface area contributed by atoms with Crippen LogP contribution >= 0.6 is 0 Å². The lowest BCUT2D eigenvalue weighted by Crippen LogP contribution is -2.74. The summed E-state index contributed by atoms with van der Waals surface area (Å²) in [4.78, 5) is 40.3. The zero-order valence-corrected chi connectivity index (χ0v) is 17.4. The summed E-state index contributed by atoms with van der Waals surface area (Å²) in [6, 6.07) is 3.39. The average Bonchev–Trinajstić information content (AvgIpc) is 2.73. The van der Waals surface area contributed by atoms with Gasteiger partial charge < -0.3 is 19.1 Å². The average molecular weight is 438 g/mol. The van der Waals surface area contributed by atoms with Gasteiger partial charge in [0.1, 0.15) is 17.2 Å². The highest BCUT2D eigenvalue weighted by Gasteiger charge is 2.63. The topological polar surface area (TPSA) is 85.4 Å². The summed E-state index contributed by atoms with van der Waals surface area (Å²) >= 11 is 0. The second kappa shape index (κ2) is 7.83. The molecule has 0 saturated carbocycles. The highest BCUT2D eigenvalue weighted by atomic mass is 19.1. The van der Waals surface area contributed by atoms with Gasteiger partial charge in [-0.3, -0.25) is 9.69 Å². The number of piperidine rings is 1. The van der Waals surface area contributed by atoms with E-state index < -0.39 is 47.1 Å². The fourth-order valence-corrected chi connectivity index (χ4v) is 4.56. The molecule has 1 unspecified atom stereocenters. The highest BCUT2D eigenvalue weighted by Crippen LogP contribution is 2.43. The van der Waals surface area contributed by atoms with Crippen LogP contribution in [0.3, 0.4) is 0 Å². The van der Waals surface area contributed by atoms with Gasteiger partial charge in [0.2, 0.25) is 6.23 Å². The van der Waals surface area contributed by atoms with Crippen molar-refractivity contribution in [2.45, 2.75) is 50.7 Å². The predicted octanol–water partition coefficient (Wildman–Crippen LogP) is 1.36. The molecule has 31 heavy (non-hydrogen) atoms. The van der Waals surface area contributed by atoms with Crippen LogP contribution in [0.5, 0.6) is 0 Å². The van der Waals surface area contributed by atoms with Gasteiger partial charge in [0, 0.05) is 33.1 Å². The lowest BCUT2D eigenvalue weighted by atomic mass is 9.85. The molecule has 4 aliphatic heterocycles. The number of halogens is 2. The third-order valence-corrected chi connectivity index (χ3v) is 6.20. The summed E-state index contributed by atoms with van der Waals surface area (Å²) in [5, 5.41) is 0. The van der Waals surface area contributed by atoms with Crippen LogP contribution in [0.15, 0.2) is 18.2 Å². The Hall–Kier alpha value is -2.59. The van der Waals surface area contributed by atoms with Crippen molar-refractivity contribution in [3.8, 4) is 0 Å². The zero-order chi connectivity index (χ0) is 22.4. The third kappa shape index (κ3) is 3.78. The molecule has 4 saturated heterocycles. The van der Waals surface area contributed by atoms with Gasteiger partial charge >= 0.3 is 11.9 Å². The van der Waals surface area contributed by atoms with Crippen molar-refractivity contribution >= 4 is 17.8 Å². The molecule has 1 spiro atoms. The Kier molecular flexibility index (Phi) is 5.47. The van der Waals surface area contributed by atoms with E-state index in [1.807, 2.05) is 0 Å². The molecule has 8 nitrogen and oxygen atoms in total. The second-order valence-corrected chi connectivity index (χ2v) is 8.18. The first-order valence-corrected chi connectivity index (χ1v) is 10.3. The van der Waals surface area contributed by atoms with Crippen molar-refractivity contribution in [2.24, 2.45) is 0 Å². The molecular formula is C21H24F2N2O6. The lowest BCUT2D eigenvalue weighted by Gasteiger charge is -2.56. The Balaban J connectivity index is 1.50. The van der Waals surface area contributed by atoms with Crippen molar-refractivity contribution < 1.29 is 37.4 Å². The number of likely N-dealkylation sites (tertiary alicyclic amines) is 1. The van der Waals surface area contributed by atoms with Crippen LogP contribution in [0.4, 0.5) is 8.78 Å². The summed E-state index contributed by atoms with van der Waals surface area (Å²) < 4.78 is 43.8. The van der Waals surface area contributed by atoms with Gasteiger partial charge in [0.15, 0.2) is 0 Å². The number of morpholine rings is 1. The monoisotopic (exact) mass is 438 g/mol. The van der Waals surface area contributed by atoms with Crippen LogP contribution in [0.2, 0.25) is 0 Å². The highest BCUT2D eigenvalue weighted by molar-refractivity contribution is 6.30. The maximum atomic E-state index is 13.9. The van der Waals surface area contributed by atoms with E-state index in [9.17, 15) is 23.2 Å². The van der Waals surface area contributed by atoms with E-state index in [-0.39, 0.29) is 6.54 Å². The number of likely N-dealkylation sites (N-methyl/N-ethyl adjacent to an activating group) is 1. The standard InChI is InChI=1S/C21H24F2N2O6/c1-3-25-18(28)20(2)30-17(27)16(26)29-19(25)21(31-20)7-10-24(11-8-21)9-6-13-12-14(22)4-5-15(13)23/h4-5,12,19H,3,6-11H2,1-2H3/t19?,20-/m0/s1. The Bertz CT molecular complexity index is 917. The molecule has 4 fully saturated rings. The minimum atomic E-state index is -1.91. The Labute approximate surface area is 178 Å². The summed E-state index contributed by atoms with van der Waals surface area (Å²) in [5.41, 5.74) is -0.729. The SMILES string of the molecule is CCN1C(=O)[C@@]2(C)OC(=O)C(=O)OC1C1(CCN(CCc3cc(F)ccc3F)CC1)O2. The Morgan fingerprint density at radius 3 is 2.52 bits per heavy atom. The quantitative estimate of drug-likeness (QED) is 0.518. The number of esters is 2. The first-order chi connectivity index (χ1) is 14.7. The summed E-state index contributed by atoms with van der Waals surface area (Å²) in [6.07, 6.45) is 0.0902. The summed E-state index contributed by atoms with van der Waals surface area (Å²) in [5.74, 6) is -5.84. The number of hydrogen-bond donors (Lipinski definition) is 0. The number of fused-ring (bicyclic) bond motifs is 4. The molecule has 1 aromatic carbocycles. The number of carbonyl (C=O) groups excluding carboxylic acids is 3. The zero-order valence-electron chi connectivity index (χ0n) is 17.4. The van der Waals surface area contributed by atoms with E-state index in [4.69, 9.17) is 14.2 Å². The molecule has 0 aromatic heterocycles. The van der Waals surface area contributed by atoms with Gasteiger partial charge in [0.25, 0.3) is 11.7 Å². The first kappa shape index (κ1) is 21.6. The second-order valence-electron chi connectivity index (χ2n) is 8.18. The van der Waals surface area contributed by atoms with E-state index in [0.717, 1.165) is 12.1 Å². The predicted molar refractivity (Wildman–Crippen MR) is 101 cm³/mol. The number of benzene rings is 1. The molecule has 1 amide bonds. The minimum Gasteiger partial charge on any atom is -0.430 e. The normalized spacial score (nSPS) is 28.3. The molecular weight excluding hydrogens is 414 g/mol. The van der Waals surface area contributed by atoms with E-state index >= 15 is 0 Å². The maximum absolute atomic E-state index is 13.9. The van der Waals surface area contributed by atoms with Crippen LogP contribution in [-0.2, 0) is 35.0 Å². The maximum Gasteiger partial charge on any atom is 0.420 e. The van der Waals surface area contributed by atoms with Gasteiger partial charge in [0.05, 0.1) is 0 Å². The molecule has 1 aromatic rings. The fourth-order valence-electron chi connectivity index (χ4n) is 4.56. The molecule has 168 valence electrons. The molecule has 0 radical (unpaired) electrons. The van der Waals surface area contributed by atoms with Crippen LogP contribution in [0, 0.1) is 11.6 Å². The third-order valence-electron chi connectivity index (χ3n) is 6.20.